The maximum absolute atomic E-state index is 12.0. The number of nitrogens with zero attached hydrogens (tertiary/aromatic N) is 2. The normalized spacial score (nSPS) is 12.7. The fraction of sp³-hybridized carbons (Fsp3) is 0.125. The van der Waals surface area contributed by atoms with Crippen molar-refractivity contribution in [3.05, 3.63) is 59.7 Å². The Labute approximate surface area is 143 Å². The third-order valence-electron chi connectivity index (χ3n) is 2.71. The standard InChI is InChI=1S/C16H10F6N2O2/c17-15(18,19)25-13-5-1-11(2-6-13)9-23-24-10-12-3-7-14(8-4-12)26-16(20,21)22/h1-10H/b23-9+,24-10+. The van der Waals surface area contributed by atoms with Gasteiger partial charge in [0, 0.05) is 0 Å². The fourth-order valence-corrected chi connectivity index (χ4v) is 1.71. The number of alkyl halides is 6. The summed E-state index contributed by atoms with van der Waals surface area (Å²) in [5.74, 6) is -0.723. The lowest BCUT2D eigenvalue weighted by molar-refractivity contribution is -0.275. The van der Waals surface area contributed by atoms with Gasteiger partial charge in [0.1, 0.15) is 11.5 Å². The average molecular weight is 376 g/mol. The Morgan fingerprint density at radius 2 is 0.885 bits per heavy atom. The first-order valence-corrected chi connectivity index (χ1v) is 6.89. The summed E-state index contributed by atoms with van der Waals surface area (Å²) < 4.78 is 79.6. The highest BCUT2D eigenvalue weighted by molar-refractivity contribution is 5.82. The molecule has 2 aromatic rings. The van der Waals surface area contributed by atoms with E-state index >= 15 is 0 Å². The van der Waals surface area contributed by atoms with Gasteiger partial charge in [-0.3, -0.25) is 0 Å². The lowest BCUT2D eigenvalue weighted by atomic mass is 10.2. The molecule has 0 aliphatic rings. The van der Waals surface area contributed by atoms with E-state index in [-0.39, 0.29) is 11.5 Å². The van der Waals surface area contributed by atoms with E-state index in [0.29, 0.717) is 11.1 Å². The summed E-state index contributed by atoms with van der Waals surface area (Å²) in [6, 6.07) is 9.89. The molecule has 0 fully saturated rings. The molecule has 0 aromatic heterocycles. The summed E-state index contributed by atoms with van der Waals surface area (Å²) >= 11 is 0. The lowest BCUT2D eigenvalue weighted by Gasteiger charge is -2.08. The van der Waals surface area contributed by atoms with Gasteiger partial charge >= 0.3 is 12.7 Å². The largest absolute Gasteiger partial charge is 0.573 e. The van der Waals surface area contributed by atoms with Crippen molar-refractivity contribution in [2.45, 2.75) is 12.7 Å². The van der Waals surface area contributed by atoms with E-state index < -0.39 is 12.7 Å². The van der Waals surface area contributed by atoms with Crippen LogP contribution >= 0.6 is 0 Å². The molecule has 0 amide bonds. The maximum atomic E-state index is 12.0. The van der Waals surface area contributed by atoms with Crippen molar-refractivity contribution in [2.75, 3.05) is 0 Å². The molecular weight excluding hydrogens is 366 g/mol. The summed E-state index contributed by atoms with van der Waals surface area (Å²) in [6.45, 7) is 0. The zero-order chi connectivity index (χ0) is 19.2. The van der Waals surface area contributed by atoms with Gasteiger partial charge in [-0.2, -0.15) is 10.2 Å². The van der Waals surface area contributed by atoms with Gasteiger partial charge in [-0.05, 0) is 59.7 Å². The third-order valence-corrected chi connectivity index (χ3v) is 2.71. The molecule has 0 spiro atoms. The SMILES string of the molecule is FC(F)(F)Oc1ccc(/C=N/N=C/c2ccc(OC(F)(F)F)cc2)cc1. The number of ether oxygens (including phenoxy) is 2. The van der Waals surface area contributed by atoms with Gasteiger partial charge in [0.2, 0.25) is 0 Å². The van der Waals surface area contributed by atoms with Crippen molar-refractivity contribution in [1.29, 1.82) is 0 Å². The first-order chi connectivity index (χ1) is 12.1. The van der Waals surface area contributed by atoms with Crippen LogP contribution in [0.1, 0.15) is 11.1 Å². The molecule has 0 radical (unpaired) electrons. The molecule has 0 aliphatic heterocycles. The topological polar surface area (TPSA) is 43.2 Å². The van der Waals surface area contributed by atoms with E-state index in [1.165, 1.54) is 36.7 Å². The van der Waals surface area contributed by atoms with Crippen LogP contribution in [0.4, 0.5) is 26.3 Å². The van der Waals surface area contributed by atoms with Crippen LogP contribution in [0.25, 0.3) is 0 Å². The summed E-state index contributed by atoms with van der Waals surface area (Å²) in [6.07, 6.45) is -6.95. The Hall–Kier alpha value is -3.04. The number of hydrogen-bond donors (Lipinski definition) is 0. The molecule has 2 rings (SSSR count). The summed E-state index contributed by atoms with van der Waals surface area (Å²) in [5, 5.41) is 7.39. The quantitative estimate of drug-likeness (QED) is 0.422. The smallest absolute Gasteiger partial charge is 0.406 e. The van der Waals surface area contributed by atoms with Gasteiger partial charge in [0.15, 0.2) is 0 Å². The minimum atomic E-state index is -4.76. The van der Waals surface area contributed by atoms with E-state index in [2.05, 4.69) is 19.7 Å². The first-order valence-electron chi connectivity index (χ1n) is 6.89. The van der Waals surface area contributed by atoms with Crippen LogP contribution in [-0.2, 0) is 0 Å². The predicted molar refractivity (Wildman–Crippen MR) is 81.4 cm³/mol. The molecule has 0 N–H and O–H groups in total. The summed E-state index contributed by atoms with van der Waals surface area (Å²) in [7, 11) is 0. The van der Waals surface area contributed by atoms with Crippen molar-refractivity contribution in [3.63, 3.8) is 0 Å². The Morgan fingerprint density at radius 1 is 0.577 bits per heavy atom. The molecule has 0 aliphatic carbocycles. The van der Waals surface area contributed by atoms with Gasteiger partial charge in [-0.25, -0.2) is 0 Å². The van der Waals surface area contributed by atoms with Crippen molar-refractivity contribution >= 4 is 12.4 Å². The molecule has 0 bridgehead atoms. The minimum Gasteiger partial charge on any atom is -0.406 e. The zero-order valence-electron chi connectivity index (χ0n) is 12.8. The van der Waals surface area contributed by atoms with Gasteiger partial charge in [0.05, 0.1) is 12.4 Å². The number of rotatable bonds is 5. The van der Waals surface area contributed by atoms with Crippen LogP contribution in [0.5, 0.6) is 11.5 Å². The number of benzene rings is 2. The van der Waals surface area contributed by atoms with Crippen LogP contribution in [0.15, 0.2) is 58.7 Å². The highest BCUT2D eigenvalue weighted by Gasteiger charge is 2.31. The molecule has 4 nitrogen and oxygen atoms in total. The van der Waals surface area contributed by atoms with Crippen LogP contribution in [-0.4, -0.2) is 25.2 Å². The number of halogens is 6. The number of hydrogen-bond acceptors (Lipinski definition) is 4. The van der Waals surface area contributed by atoms with Crippen LogP contribution < -0.4 is 9.47 Å². The highest BCUT2D eigenvalue weighted by atomic mass is 19.4. The molecular formula is C16H10F6N2O2. The molecule has 2 aromatic carbocycles. The summed E-state index contributed by atoms with van der Waals surface area (Å²) in [4.78, 5) is 0. The van der Waals surface area contributed by atoms with E-state index in [1.807, 2.05) is 0 Å². The van der Waals surface area contributed by atoms with E-state index in [4.69, 9.17) is 0 Å². The Morgan fingerprint density at radius 3 is 1.15 bits per heavy atom. The fourth-order valence-electron chi connectivity index (χ4n) is 1.71. The van der Waals surface area contributed by atoms with Crippen molar-refractivity contribution in [1.82, 2.24) is 0 Å². The molecule has 0 saturated heterocycles. The predicted octanol–water partition coefficient (Wildman–Crippen LogP) is 4.94. The second kappa shape index (κ2) is 7.89. The van der Waals surface area contributed by atoms with Gasteiger partial charge < -0.3 is 9.47 Å². The Bertz CT molecular complexity index is 698. The molecule has 26 heavy (non-hydrogen) atoms. The molecule has 0 atom stereocenters. The van der Waals surface area contributed by atoms with E-state index in [9.17, 15) is 26.3 Å². The second-order valence-corrected chi connectivity index (χ2v) is 4.72. The molecule has 10 heteroatoms. The molecule has 0 saturated carbocycles. The van der Waals surface area contributed by atoms with Crippen molar-refractivity contribution < 1.29 is 35.8 Å². The third kappa shape index (κ3) is 7.24. The lowest BCUT2D eigenvalue weighted by Crippen LogP contribution is -2.17. The summed E-state index contributed by atoms with van der Waals surface area (Å²) in [5.41, 5.74) is 0.955. The van der Waals surface area contributed by atoms with Crippen LogP contribution in [0.2, 0.25) is 0 Å². The average Bonchev–Trinajstić information content (AvgIpc) is 2.52. The van der Waals surface area contributed by atoms with Gasteiger partial charge in [-0.15, -0.1) is 26.3 Å². The van der Waals surface area contributed by atoms with Crippen LogP contribution in [0.3, 0.4) is 0 Å². The molecule has 0 unspecified atom stereocenters. The zero-order valence-corrected chi connectivity index (χ0v) is 12.8. The first kappa shape index (κ1) is 19.3. The highest BCUT2D eigenvalue weighted by Crippen LogP contribution is 2.23. The van der Waals surface area contributed by atoms with E-state index in [0.717, 1.165) is 24.3 Å². The molecule has 0 heterocycles. The van der Waals surface area contributed by atoms with Crippen molar-refractivity contribution in [3.8, 4) is 11.5 Å². The minimum absolute atomic E-state index is 0.362. The molecule has 138 valence electrons. The van der Waals surface area contributed by atoms with Crippen molar-refractivity contribution in [2.24, 2.45) is 10.2 Å². The second-order valence-electron chi connectivity index (χ2n) is 4.72. The monoisotopic (exact) mass is 376 g/mol. The van der Waals surface area contributed by atoms with Crippen LogP contribution in [0, 0.1) is 0 Å². The van der Waals surface area contributed by atoms with Gasteiger partial charge in [-0.1, -0.05) is 0 Å². The van der Waals surface area contributed by atoms with Gasteiger partial charge in [0.25, 0.3) is 0 Å². The van der Waals surface area contributed by atoms with E-state index in [1.54, 1.807) is 0 Å². The Balaban J connectivity index is 1.91. The Kier molecular flexibility index (Phi) is 5.86. The maximum Gasteiger partial charge on any atom is 0.573 e.